The van der Waals surface area contributed by atoms with Crippen molar-refractivity contribution in [2.24, 2.45) is 0 Å². The summed E-state index contributed by atoms with van der Waals surface area (Å²) >= 11 is 0. The fourth-order valence-corrected chi connectivity index (χ4v) is 3.83. The molecule has 0 saturated heterocycles. The predicted molar refractivity (Wildman–Crippen MR) is 109 cm³/mol. The fraction of sp³-hybridized carbons (Fsp3) is 0.391. The molecule has 1 amide bonds. The van der Waals surface area contributed by atoms with Gasteiger partial charge in [0.15, 0.2) is 11.5 Å². The number of hydrogen-bond acceptors (Lipinski definition) is 5. The van der Waals surface area contributed by atoms with Gasteiger partial charge in [-0.05, 0) is 41.7 Å². The molecule has 6 heteroatoms. The Hall–Kier alpha value is -3.02. The minimum Gasteiger partial charge on any atom is -0.493 e. The number of carbonyl (C=O) groups is 2. The van der Waals surface area contributed by atoms with Gasteiger partial charge < -0.3 is 19.1 Å². The first kappa shape index (κ1) is 20.7. The Bertz CT molecular complexity index is 865. The van der Waals surface area contributed by atoms with Gasteiger partial charge in [0.05, 0.1) is 33.8 Å². The maximum atomic E-state index is 13.1. The third-order valence-electron chi connectivity index (χ3n) is 5.38. The maximum absolute atomic E-state index is 13.1. The van der Waals surface area contributed by atoms with Crippen LogP contribution >= 0.6 is 0 Å². The summed E-state index contributed by atoms with van der Waals surface area (Å²) in [6.07, 6.45) is 1.87. The van der Waals surface area contributed by atoms with Gasteiger partial charge >= 0.3 is 5.97 Å². The molecule has 1 heterocycles. The minimum absolute atomic E-state index is 0.0307. The zero-order chi connectivity index (χ0) is 20.8. The van der Waals surface area contributed by atoms with Crippen LogP contribution in [-0.4, -0.2) is 44.7 Å². The molecule has 0 radical (unpaired) electrons. The lowest BCUT2D eigenvalue weighted by Gasteiger charge is -2.37. The SMILES string of the molecule is COC(=O)C[C@@H]1c2cc(OC)c(OC)cc2CCN1C(=O)CCc1ccccc1. The molecule has 2 aromatic carbocycles. The van der Waals surface area contributed by atoms with Crippen molar-refractivity contribution in [3.63, 3.8) is 0 Å². The Kier molecular flexibility index (Phi) is 6.75. The molecule has 0 aromatic heterocycles. The first-order chi connectivity index (χ1) is 14.1. The van der Waals surface area contributed by atoms with E-state index in [1.807, 2.05) is 42.5 Å². The average Bonchev–Trinajstić information content (AvgIpc) is 2.77. The molecule has 0 spiro atoms. The van der Waals surface area contributed by atoms with Crippen LogP contribution in [0.3, 0.4) is 0 Å². The van der Waals surface area contributed by atoms with Crippen molar-refractivity contribution in [1.29, 1.82) is 0 Å². The number of hydrogen-bond donors (Lipinski definition) is 0. The van der Waals surface area contributed by atoms with Crippen molar-refractivity contribution in [1.82, 2.24) is 4.90 Å². The van der Waals surface area contributed by atoms with Crippen LogP contribution in [0, 0.1) is 0 Å². The van der Waals surface area contributed by atoms with Gasteiger partial charge in [0, 0.05) is 13.0 Å². The van der Waals surface area contributed by atoms with E-state index in [-0.39, 0.29) is 24.3 Å². The molecule has 0 bridgehead atoms. The fourth-order valence-electron chi connectivity index (χ4n) is 3.83. The summed E-state index contributed by atoms with van der Waals surface area (Å²) in [4.78, 5) is 27.0. The van der Waals surface area contributed by atoms with Gasteiger partial charge in [-0.2, -0.15) is 0 Å². The highest BCUT2D eigenvalue weighted by Gasteiger charge is 2.33. The Balaban J connectivity index is 1.87. The molecule has 2 aromatic rings. The van der Waals surface area contributed by atoms with Crippen LogP contribution in [0.15, 0.2) is 42.5 Å². The number of aryl methyl sites for hydroxylation is 1. The Morgan fingerprint density at radius 3 is 2.38 bits per heavy atom. The second-order valence-corrected chi connectivity index (χ2v) is 7.02. The van der Waals surface area contributed by atoms with Crippen molar-refractivity contribution >= 4 is 11.9 Å². The van der Waals surface area contributed by atoms with Crippen molar-refractivity contribution < 1.29 is 23.8 Å². The van der Waals surface area contributed by atoms with Crippen LogP contribution in [0.1, 0.15) is 35.6 Å². The smallest absolute Gasteiger partial charge is 0.307 e. The van der Waals surface area contributed by atoms with Gasteiger partial charge in [-0.3, -0.25) is 9.59 Å². The van der Waals surface area contributed by atoms with Crippen LogP contribution in [0.25, 0.3) is 0 Å². The van der Waals surface area contributed by atoms with Crippen LogP contribution < -0.4 is 9.47 Å². The summed E-state index contributed by atoms with van der Waals surface area (Å²) in [5.41, 5.74) is 3.09. The molecule has 0 aliphatic carbocycles. The molecule has 1 atom stereocenters. The highest BCUT2D eigenvalue weighted by Crippen LogP contribution is 2.39. The molecule has 0 N–H and O–H groups in total. The number of esters is 1. The van der Waals surface area contributed by atoms with Gasteiger partial charge in [0.1, 0.15) is 0 Å². The summed E-state index contributed by atoms with van der Waals surface area (Å²) in [6.45, 7) is 0.553. The largest absolute Gasteiger partial charge is 0.493 e. The summed E-state index contributed by atoms with van der Waals surface area (Å²) < 4.78 is 15.7. The number of amides is 1. The molecule has 1 aliphatic heterocycles. The topological polar surface area (TPSA) is 65.1 Å². The molecule has 29 heavy (non-hydrogen) atoms. The van der Waals surface area contributed by atoms with Crippen molar-refractivity contribution in [2.75, 3.05) is 27.9 Å². The number of benzene rings is 2. The Morgan fingerprint density at radius 2 is 1.72 bits per heavy atom. The highest BCUT2D eigenvalue weighted by atomic mass is 16.5. The van der Waals surface area contributed by atoms with Crippen LogP contribution in [0.2, 0.25) is 0 Å². The highest BCUT2D eigenvalue weighted by molar-refractivity contribution is 5.79. The molecule has 154 valence electrons. The van der Waals surface area contributed by atoms with E-state index in [1.165, 1.54) is 7.11 Å². The molecule has 0 saturated carbocycles. The number of ether oxygens (including phenoxy) is 3. The lowest BCUT2D eigenvalue weighted by atomic mass is 9.89. The number of fused-ring (bicyclic) bond motifs is 1. The van der Waals surface area contributed by atoms with E-state index in [0.717, 1.165) is 16.7 Å². The van der Waals surface area contributed by atoms with Crippen LogP contribution in [0.4, 0.5) is 0 Å². The summed E-state index contributed by atoms with van der Waals surface area (Å²) in [5.74, 6) is 0.910. The number of carbonyl (C=O) groups excluding carboxylic acids is 2. The third kappa shape index (κ3) is 4.70. The Morgan fingerprint density at radius 1 is 1.03 bits per heavy atom. The predicted octanol–water partition coefficient (Wildman–Crippen LogP) is 3.33. The average molecular weight is 397 g/mol. The quantitative estimate of drug-likeness (QED) is 0.671. The Labute approximate surface area is 171 Å². The van der Waals surface area contributed by atoms with E-state index in [2.05, 4.69) is 0 Å². The number of nitrogens with zero attached hydrogens (tertiary/aromatic N) is 1. The first-order valence-corrected chi connectivity index (χ1v) is 9.72. The third-order valence-corrected chi connectivity index (χ3v) is 5.38. The minimum atomic E-state index is -0.380. The van der Waals surface area contributed by atoms with E-state index in [4.69, 9.17) is 14.2 Å². The molecule has 0 fully saturated rings. The van der Waals surface area contributed by atoms with Gasteiger partial charge in [0.25, 0.3) is 0 Å². The molecule has 3 rings (SSSR count). The second kappa shape index (κ2) is 9.45. The molecule has 6 nitrogen and oxygen atoms in total. The zero-order valence-electron chi connectivity index (χ0n) is 17.1. The van der Waals surface area contributed by atoms with E-state index >= 15 is 0 Å². The second-order valence-electron chi connectivity index (χ2n) is 7.02. The van der Waals surface area contributed by atoms with Gasteiger partial charge in [-0.25, -0.2) is 0 Å². The lowest BCUT2D eigenvalue weighted by Crippen LogP contribution is -2.41. The normalized spacial score (nSPS) is 15.4. The van der Waals surface area contributed by atoms with E-state index < -0.39 is 0 Å². The standard InChI is InChI=1S/C23H27NO5/c1-27-20-13-17-11-12-24(22(25)10-9-16-7-5-4-6-8-16)19(15-23(26)29-3)18(17)14-21(20)28-2/h4-8,13-14,19H,9-12,15H2,1-3H3/t19-/m1/s1. The van der Waals surface area contributed by atoms with E-state index in [9.17, 15) is 9.59 Å². The van der Waals surface area contributed by atoms with Crippen LogP contribution in [-0.2, 0) is 27.2 Å². The lowest BCUT2D eigenvalue weighted by molar-refractivity contribution is -0.144. The van der Waals surface area contributed by atoms with Gasteiger partial charge in [-0.1, -0.05) is 30.3 Å². The zero-order valence-corrected chi connectivity index (χ0v) is 17.1. The van der Waals surface area contributed by atoms with Crippen molar-refractivity contribution in [3.05, 3.63) is 59.2 Å². The van der Waals surface area contributed by atoms with E-state index in [0.29, 0.717) is 37.3 Å². The van der Waals surface area contributed by atoms with Gasteiger partial charge in [-0.15, -0.1) is 0 Å². The van der Waals surface area contributed by atoms with Gasteiger partial charge in [0.2, 0.25) is 5.91 Å². The number of methoxy groups -OCH3 is 3. The van der Waals surface area contributed by atoms with Crippen LogP contribution in [0.5, 0.6) is 11.5 Å². The molecule has 1 aliphatic rings. The number of rotatable bonds is 7. The van der Waals surface area contributed by atoms with E-state index in [1.54, 1.807) is 19.1 Å². The molecular formula is C23H27NO5. The maximum Gasteiger partial charge on any atom is 0.307 e. The summed E-state index contributed by atoms with van der Waals surface area (Å²) in [6, 6.07) is 13.4. The first-order valence-electron chi connectivity index (χ1n) is 9.72. The summed E-state index contributed by atoms with van der Waals surface area (Å²) in [5, 5.41) is 0. The van der Waals surface area contributed by atoms with Crippen molar-refractivity contribution in [3.8, 4) is 11.5 Å². The molecule has 0 unspecified atom stereocenters. The molecular weight excluding hydrogens is 370 g/mol. The van der Waals surface area contributed by atoms with Crippen molar-refractivity contribution in [2.45, 2.75) is 31.7 Å². The summed E-state index contributed by atoms with van der Waals surface area (Å²) in [7, 11) is 4.53. The monoisotopic (exact) mass is 397 g/mol.